The van der Waals surface area contributed by atoms with Crippen LogP contribution in [0.3, 0.4) is 0 Å². The highest BCUT2D eigenvalue weighted by atomic mass is 16.2. The number of likely N-dealkylation sites (tertiary alicyclic amines) is 1. The molecule has 2 rings (SSSR count). The van der Waals surface area contributed by atoms with Gasteiger partial charge in [-0.15, -0.1) is 0 Å². The Bertz CT molecular complexity index is 382. The zero-order chi connectivity index (χ0) is 14.9. The summed E-state index contributed by atoms with van der Waals surface area (Å²) in [5, 5.41) is 2.89. The number of hydrogen-bond acceptors (Lipinski definition) is 2. The molecule has 0 aromatic carbocycles. The van der Waals surface area contributed by atoms with Crippen molar-refractivity contribution in [2.75, 3.05) is 19.6 Å². The molecule has 0 radical (unpaired) electrons. The van der Waals surface area contributed by atoms with Crippen molar-refractivity contribution in [3.8, 4) is 0 Å². The topological polar surface area (TPSA) is 49.4 Å². The van der Waals surface area contributed by atoms with E-state index in [-0.39, 0.29) is 18.2 Å². The molecule has 0 bridgehead atoms. The first-order chi connectivity index (χ1) is 10.3. The lowest BCUT2D eigenvalue weighted by Gasteiger charge is -2.20. The summed E-state index contributed by atoms with van der Waals surface area (Å²) in [7, 11) is 0. The Morgan fingerprint density at radius 2 is 1.81 bits per heavy atom. The molecule has 0 spiro atoms. The summed E-state index contributed by atoms with van der Waals surface area (Å²) in [6.45, 7) is 2.30. The minimum Gasteiger partial charge on any atom is -0.355 e. The van der Waals surface area contributed by atoms with Crippen LogP contribution in [0.15, 0.2) is 11.6 Å². The van der Waals surface area contributed by atoms with Crippen LogP contribution in [-0.4, -0.2) is 36.3 Å². The molecule has 0 aromatic rings. The zero-order valence-corrected chi connectivity index (χ0v) is 13.0. The Morgan fingerprint density at radius 1 is 1.05 bits per heavy atom. The van der Waals surface area contributed by atoms with E-state index in [2.05, 4.69) is 11.4 Å². The smallest absolute Gasteiger partial charge is 0.232 e. The van der Waals surface area contributed by atoms with Gasteiger partial charge in [0.25, 0.3) is 0 Å². The Morgan fingerprint density at radius 3 is 2.48 bits per heavy atom. The molecular weight excluding hydrogens is 264 g/mol. The van der Waals surface area contributed by atoms with Crippen LogP contribution in [0.1, 0.15) is 64.2 Å². The van der Waals surface area contributed by atoms with Crippen molar-refractivity contribution in [1.82, 2.24) is 10.2 Å². The summed E-state index contributed by atoms with van der Waals surface area (Å²) < 4.78 is 0. The second kappa shape index (κ2) is 8.85. The summed E-state index contributed by atoms with van der Waals surface area (Å²) in [5.74, 6) is -0.132. The first kappa shape index (κ1) is 16.1. The van der Waals surface area contributed by atoms with Crippen molar-refractivity contribution in [1.29, 1.82) is 0 Å². The standard InChI is InChI=1S/C17H28N2O2/c20-16(18-11-10-15-8-4-3-5-9-15)14-17(21)19-12-6-1-2-7-13-19/h8H,1-7,9-14H2,(H,18,20). The van der Waals surface area contributed by atoms with E-state index < -0.39 is 0 Å². The normalized spacial score (nSPS) is 19.6. The molecule has 1 aliphatic carbocycles. The summed E-state index contributed by atoms with van der Waals surface area (Å²) in [4.78, 5) is 25.8. The van der Waals surface area contributed by atoms with Crippen LogP contribution < -0.4 is 5.32 Å². The maximum absolute atomic E-state index is 12.1. The predicted molar refractivity (Wildman–Crippen MR) is 83.8 cm³/mol. The van der Waals surface area contributed by atoms with Crippen LogP contribution >= 0.6 is 0 Å². The molecule has 21 heavy (non-hydrogen) atoms. The molecule has 1 saturated heterocycles. The Labute approximate surface area is 128 Å². The van der Waals surface area contributed by atoms with Crippen molar-refractivity contribution in [2.24, 2.45) is 0 Å². The van der Waals surface area contributed by atoms with E-state index in [1.165, 1.54) is 44.1 Å². The molecule has 4 heteroatoms. The number of carbonyl (C=O) groups excluding carboxylic acids is 2. The highest BCUT2D eigenvalue weighted by Crippen LogP contribution is 2.19. The lowest BCUT2D eigenvalue weighted by molar-refractivity contribution is -0.136. The molecule has 0 saturated carbocycles. The monoisotopic (exact) mass is 292 g/mol. The third-order valence-corrected chi connectivity index (χ3v) is 4.42. The number of rotatable bonds is 5. The second-order valence-electron chi connectivity index (χ2n) is 6.18. The summed E-state index contributed by atoms with van der Waals surface area (Å²) in [5.41, 5.74) is 1.46. The van der Waals surface area contributed by atoms with Gasteiger partial charge in [0.2, 0.25) is 11.8 Å². The second-order valence-corrected chi connectivity index (χ2v) is 6.18. The average Bonchev–Trinajstić information content (AvgIpc) is 2.77. The van der Waals surface area contributed by atoms with E-state index in [9.17, 15) is 9.59 Å². The average molecular weight is 292 g/mol. The quantitative estimate of drug-likeness (QED) is 0.626. The van der Waals surface area contributed by atoms with Crippen molar-refractivity contribution in [2.45, 2.75) is 64.2 Å². The van der Waals surface area contributed by atoms with Gasteiger partial charge in [-0.2, -0.15) is 0 Å². The van der Waals surface area contributed by atoms with Gasteiger partial charge in [0.15, 0.2) is 0 Å². The highest BCUT2D eigenvalue weighted by Gasteiger charge is 2.18. The fourth-order valence-corrected chi connectivity index (χ4v) is 3.13. The van der Waals surface area contributed by atoms with E-state index in [0.717, 1.165) is 32.4 Å². The first-order valence-corrected chi connectivity index (χ1v) is 8.48. The van der Waals surface area contributed by atoms with E-state index in [1.807, 2.05) is 4.90 Å². The molecule has 1 fully saturated rings. The molecular formula is C17H28N2O2. The van der Waals surface area contributed by atoms with Crippen LogP contribution in [-0.2, 0) is 9.59 Å². The van der Waals surface area contributed by atoms with E-state index in [1.54, 1.807) is 0 Å². The van der Waals surface area contributed by atoms with Crippen LogP contribution in [0.4, 0.5) is 0 Å². The van der Waals surface area contributed by atoms with Crippen molar-refractivity contribution in [3.05, 3.63) is 11.6 Å². The molecule has 2 amide bonds. The Kier molecular flexibility index (Phi) is 6.77. The van der Waals surface area contributed by atoms with E-state index in [0.29, 0.717) is 6.54 Å². The minimum atomic E-state index is -0.124. The molecule has 1 N–H and O–H groups in total. The molecule has 1 heterocycles. The van der Waals surface area contributed by atoms with Gasteiger partial charge in [-0.1, -0.05) is 24.5 Å². The third kappa shape index (κ3) is 5.90. The van der Waals surface area contributed by atoms with Gasteiger partial charge in [-0.05, 0) is 44.9 Å². The van der Waals surface area contributed by atoms with Crippen LogP contribution in [0.25, 0.3) is 0 Å². The predicted octanol–water partition coefficient (Wildman–Crippen LogP) is 2.79. The Hall–Kier alpha value is -1.32. The summed E-state index contributed by atoms with van der Waals surface area (Å²) >= 11 is 0. The number of carbonyl (C=O) groups is 2. The Balaban J connectivity index is 1.63. The van der Waals surface area contributed by atoms with Crippen LogP contribution in [0.5, 0.6) is 0 Å². The number of nitrogens with one attached hydrogen (secondary N) is 1. The fourth-order valence-electron chi connectivity index (χ4n) is 3.13. The van der Waals surface area contributed by atoms with E-state index in [4.69, 9.17) is 0 Å². The van der Waals surface area contributed by atoms with Gasteiger partial charge in [-0.25, -0.2) is 0 Å². The lowest BCUT2D eigenvalue weighted by atomic mass is 9.97. The molecule has 1 aliphatic heterocycles. The summed E-state index contributed by atoms with van der Waals surface area (Å²) in [6.07, 6.45) is 12.7. The van der Waals surface area contributed by atoms with Gasteiger partial charge in [-0.3, -0.25) is 9.59 Å². The van der Waals surface area contributed by atoms with Gasteiger partial charge in [0, 0.05) is 19.6 Å². The maximum atomic E-state index is 12.1. The first-order valence-electron chi connectivity index (χ1n) is 8.48. The van der Waals surface area contributed by atoms with Gasteiger partial charge >= 0.3 is 0 Å². The summed E-state index contributed by atoms with van der Waals surface area (Å²) in [6, 6.07) is 0. The number of allylic oxidation sites excluding steroid dienone is 1. The number of amides is 2. The maximum Gasteiger partial charge on any atom is 0.232 e. The molecule has 0 aromatic heterocycles. The zero-order valence-electron chi connectivity index (χ0n) is 13.0. The SMILES string of the molecule is O=C(CC(=O)N1CCCCCC1)NCCC1=CCCCC1. The lowest BCUT2D eigenvalue weighted by Crippen LogP contribution is -2.36. The number of hydrogen-bond donors (Lipinski definition) is 1. The van der Waals surface area contributed by atoms with Gasteiger partial charge in [0.05, 0.1) is 0 Å². The van der Waals surface area contributed by atoms with Crippen molar-refractivity contribution in [3.63, 3.8) is 0 Å². The molecule has 118 valence electrons. The number of nitrogens with zero attached hydrogens (tertiary/aromatic N) is 1. The van der Waals surface area contributed by atoms with Gasteiger partial charge in [0.1, 0.15) is 6.42 Å². The van der Waals surface area contributed by atoms with Crippen LogP contribution in [0.2, 0.25) is 0 Å². The van der Waals surface area contributed by atoms with Crippen LogP contribution in [0, 0.1) is 0 Å². The van der Waals surface area contributed by atoms with Crippen molar-refractivity contribution >= 4 is 11.8 Å². The highest BCUT2D eigenvalue weighted by molar-refractivity contribution is 5.96. The van der Waals surface area contributed by atoms with E-state index >= 15 is 0 Å². The largest absolute Gasteiger partial charge is 0.355 e. The van der Waals surface area contributed by atoms with Gasteiger partial charge < -0.3 is 10.2 Å². The molecule has 4 nitrogen and oxygen atoms in total. The molecule has 0 unspecified atom stereocenters. The van der Waals surface area contributed by atoms with Crippen molar-refractivity contribution < 1.29 is 9.59 Å². The fraction of sp³-hybridized carbons (Fsp3) is 0.765. The molecule has 2 aliphatic rings. The third-order valence-electron chi connectivity index (χ3n) is 4.42. The minimum absolute atomic E-state index is 0.00807. The molecule has 0 atom stereocenters.